The molecule has 0 spiro atoms. The molecule has 4 heteroatoms. The smallest absolute Gasteiger partial charge is 0.309 e. The SMILES string of the molecule is O=C=CNC(=O)Cl. The molecule has 38 valence electrons. The zero-order valence-electron chi connectivity index (χ0n) is 3.27. The van der Waals surface area contributed by atoms with Crippen molar-refractivity contribution < 1.29 is 9.59 Å². The van der Waals surface area contributed by atoms with Gasteiger partial charge in [0.1, 0.15) is 5.94 Å². The molecule has 1 amide bonds. The Morgan fingerprint density at radius 3 is 2.57 bits per heavy atom. The van der Waals surface area contributed by atoms with Crippen molar-refractivity contribution in [2.24, 2.45) is 0 Å². The molecule has 0 saturated carbocycles. The lowest BCUT2D eigenvalue weighted by molar-refractivity contribution is 0.262. The van der Waals surface area contributed by atoms with Crippen molar-refractivity contribution in [2.75, 3.05) is 0 Å². The summed E-state index contributed by atoms with van der Waals surface area (Å²) < 4.78 is 0. The summed E-state index contributed by atoms with van der Waals surface area (Å²) in [7, 11) is 0. The monoisotopic (exact) mass is 119 g/mol. The fourth-order valence-electron chi connectivity index (χ4n) is 0.0862. The quantitative estimate of drug-likeness (QED) is 0.306. The van der Waals surface area contributed by atoms with Crippen LogP contribution in [-0.4, -0.2) is 11.3 Å². The van der Waals surface area contributed by atoms with Crippen LogP contribution in [0.25, 0.3) is 0 Å². The Labute approximate surface area is 45.0 Å². The minimum absolute atomic E-state index is 0.787. The summed E-state index contributed by atoms with van der Waals surface area (Å²) in [5.41, 5.74) is 0. The van der Waals surface area contributed by atoms with E-state index in [1.807, 2.05) is 5.32 Å². The van der Waals surface area contributed by atoms with E-state index < -0.39 is 5.37 Å². The summed E-state index contributed by atoms with van der Waals surface area (Å²) in [6, 6.07) is 0. The van der Waals surface area contributed by atoms with E-state index in [1.54, 1.807) is 0 Å². The van der Waals surface area contributed by atoms with Crippen LogP contribution in [0.2, 0.25) is 0 Å². The first kappa shape index (κ1) is 6.21. The molecule has 0 rings (SSSR count). The number of nitrogens with one attached hydrogen (secondary N) is 1. The molecule has 0 aliphatic heterocycles. The minimum Gasteiger partial charge on any atom is -0.309 e. The number of amides is 1. The summed E-state index contributed by atoms with van der Waals surface area (Å²) in [6.45, 7) is 0. The predicted octanol–water partition coefficient (Wildman–Crippen LogP) is 0.280. The molecule has 0 radical (unpaired) electrons. The second kappa shape index (κ2) is 3.40. The van der Waals surface area contributed by atoms with Gasteiger partial charge in [-0.15, -0.1) is 0 Å². The normalized spacial score (nSPS) is 6.43. The molecular formula is C3H2ClNO2. The van der Waals surface area contributed by atoms with Gasteiger partial charge in [0.05, 0.1) is 6.20 Å². The van der Waals surface area contributed by atoms with E-state index in [0.29, 0.717) is 0 Å². The molecule has 1 N–H and O–H groups in total. The molecule has 0 aliphatic carbocycles. The van der Waals surface area contributed by atoms with Crippen LogP contribution in [-0.2, 0) is 4.79 Å². The standard InChI is InChI=1S/C3H2ClNO2/c4-3(7)5-1-2-6/h1H,(H,5,7). The Morgan fingerprint density at radius 2 is 2.43 bits per heavy atom. The van der Waals surface area contributed by atoms with E-state index in [0.717, 1.165) is 6.20 Å². The van der Waals surface area contributed by atoms with Crippen molar-refractivity contribution in [3.05, 3.63) is 6.20 Å². The molecule has 0 aromatic rings. The van der Waals surface area contributed by atoms with Crippen molar-refractivity contribution in [3.63, 3.8) is 0 Å². The largest absolute Gasteiger partial charge is 0.318 e. The maximum absolute atomic E-state index is 9.65. The number of halogens is 1. The zero-order chi connectivity index (χ0) is 5.70. The molecule has 0 saturated heterocycles. The molecule has 7 heavy (non-hydrogen) atoms. The topological polar surface area (TPSA) is 46.2 Å². The number of rotatable bonds is 1. The number of hydrogen-bond acceptors (Lipinski definition) is 2. The second-order valence-electron chi connectivity index (χ2n) is 0.680. The third-order valence-corrected chi connectivity index (χ3v) is 0.354. The van der Waals surface area contributed by atoms with Crippen LogP contribution in [0.5, 0.6) is 0 Å². The summed E-state index contributed by atoms with van der Waals surface area (Å²) in [6.07, 6.45) is 0.787. The van der Waals surface area contributed by atoms with Gasteiger partial charge in [-0.25, -0.2) is 4.79 Å². The van der Waals surface area contributed by atoms with E-state index >= 15 is 0 Å². The summed E-state index contributed by atoms with van der Waals surface area (Å²) in [4.78, 5) is 18.9. The maximum atomic E-state index is 9.65. The molecule has 0 aromatic heterocycles. The Balaban J connectivity index is 3.32. The lowest BCUT2D eigenvalue weighted by atomic mass is 11.0. The molecule has 0 heterocycles. The third kappa shape index (κ3) is 5.21. The third-order valence-electron chi connectivity index (χ3n) is 0.245. The fraction of sp³-hybridized carbons (Fsp3) is 0. The highest BCUT2D eigenvalue weighted by Gasteiger charge is 1.82. The van der Waals surface area contributed by atoms with Gasteiger partial charge in [-0.2, -0.15) is 0 Å². The maximum Gasteiger partial charge on any atom is 0.318 e. The highest BCUT2D eigenvalue weighted by molar-refractivity contribution is 6.63. The van der Waals surface area contributed by atoms with Crippen LogP contribution in [0.15, 0.2) is 6.20 Å². The average molecular weight is 120 g/mol. The van der Waals surface area contributed by atoms with Crippen LogP contribution < -0.4 is 5.32 Å². The highest BCUT2D eigenvalue weighted by atomic mass is 35.5. The molecular weight excluding hydrogens is 117 g/mol. The zero-order valence-corrected chi connectivity index (χ0v) is 4.03. The van der Waals surface area contributed by atoms with Gasteiger partial charge in [0.25, 0.3) is 0 Å². The van der Waals surface area contributed by atoms with Crippen LogP contribution in [0.4, 0.5) is 4.79 Å². The Morgan fingerprint density at radius 1 is 1.86 bits per heavy atom. The highest BCUT2D eigenvalue weighted by Crippen LogP contribution is 1.72. The number of carbonyl (C=O) groups is 1. The minimum atomic E-state index is -0.789. The van der Waals surface area contributed by atoms with Crippen molar-refractivity contribution in [1.82, 2.24) is 5.32 Å². The van der Waals surface area contributed by atoms with Gasteiger partial charge in [0.2, 0.25) is 0 Å². The molecule has 0 aliphatic rings. The first-order valence-corrected chi connectivity index (χ1v) is 1.80. The van der Waals surface area contributed by atoms with Crippen LogP contribution in [0, 0.1) is 0 Å². The fourth-order valence-corrected chi connectivity index (χ4v) is 0.141. The second-order valence-corrected chi connectivity index (χ2v) is 1.02. The average Bonchev–Trinajstić information content (AvgIpc) is 1.61. The van der Waals surface area contributed by atoms with Crippen LogP contribution in [0.1, 0.15) is 0 Å². The van der Waals surface area contributed by atoms with E-state index in [1.165, 1.54) is 5.94 Å². The molecule has 3 nitrogen and oxygen atoms in total. The van der Waals surface area contributed by atoms with E-state index in [4.69, 9.17) is 11.6 Å². The summed E-state index contributed by atoms with van der Waals surface area (Å²) in [5, 5.41) is 1.08. The number of carbonyl (C=O) groups excluding carboxylic acids is 2. The first-order valence-electron chi connectivity index (χ1n) is 1.42. The number of hydrogen-bond donors (Lipinski definition) is 1. The predicted molar refractivity (Wildman–Crippen MR) is 24.6 cm³/mol. The van der Waals surface area contributed by atoms with Gasteiger partial charge in [0.15, 0.2) is 0 Å². The van der Waals surface area contributed by atoms with Gasteiger partial charge in [-0.1, -0.05) is 0 Å². The Kier molecular flexibility index (Phi) is 3.02. The van der Waals surface area contributed by atoms with Gasteiger partial charge in [0, 0.05) is 0 Å². The van der Waals surface area contributed by atoms with Crippen LogP contribution >= 0.6 is 11.6 Å². The molecule has 0 unspecified atom stereocenters. The van der Waals surface area contributed by atoms with Crippen molar-refractivity contribution in [1.29, 1.82) is 0 Å². The van der Waals surface area contributed by atoms with Gasteiger partial charge >= 0.3 is 5.37 Å². The van der Waals surface area contributed by atoms with Gasteiger partial charge < -0.3 is 5.32 Å². The molecule has 0 bridgehead atoms. The molecule has 0 atom stereocenters. The van der Waals surface area contributed by atoms with E-state index in [2.05, 4.69) is 0 Å². The van der Waals surface area contributed by atoms with Gasteiger partial charge in [-0.05, 0) is 11.6 Å². The van der Waals surface area contributed by atoms with Crippen molar-refractivity contribution in [3.8, 4) is 0 Å². The van der Waals surface area contributed by atoms with Crippen molar-refractivity contribution >= 4 is 22.9 Å². The first-order chi connectivity index (χ1) is 3.27. The van der Waals surface area contributed by atoms with Crippen LogP contribution in [0.3, 0.4) is 0 Å². The van der Waals surface area contributed by atoms with E-state index in [-0.39, 0.29) is 0 Å². The molecule has 0 aromatic carbocycles. The Hall–Kier alpha value is -0.790. The van der Waals surface area contributed by atoms with Crippen molar-refractivity contribution in [2.45, 2.75) is 0 Å². The van der Waals surface area contributed by atoms with Gasteiger partial charge in [-0.3, -0.25) is 4.79 Å². The van der Waals surface area contributed by atoms with E-state index in [9.17, 15) is 9.59 Å². The summed E-state index contributed by atoms with van der Waals surface area (Å²) >= 11 is 4.70. The lowest BCUT2D eigenvalue weighted by Gasteiger charge is -1.78. The Bertz CT molecular complexity index is 116. The lowest BCUT2D eigenvalue weighted by Crippen LogP contribution is -2.06. The summed E-state index contributed by atoms with van der Waals surface area (Å²) in [5.74, 6) is 1.31. The molecule has 0 fully saturated rings.